The van der Waals surface area contributed by atoms with Crippen LogP contribution in [0.5, 0.6) is 11.5 Å². The van der Waals surface area contributed by atoms with Crippen molar-refractivity contribution in [1.82, 2.24) is 39.9 Å². The Balaban J connectivity index is 1.32. The molecule has 2 aliphatic rings. The lowest BCUT2D eigenvalue weighted by molar-refractivity contribution is 0.0542. The van der Waals surface area contributed by atoms with E-state index in [4.69, 9.17) is 58.3 Å². The zero-order valence-corrected chi connectivity index (χ0v) is 30.9. The van der Waals surface area contributed by atoms with Crippen LogP contribution in [0.3, 0.4) is 0 Å². The van der Waals surface area contributed by atoms with Crippen LogP contribution in [0, 0.1) is 0 Å². The molecule has 4 aromatic carbocycles. The molecule has 5 heterocycles. The molecule has 0 atom stereocenters. The first-order valence-electron chi connectivity index (χ1n) is 18.4. The largest absolute Gasteiger partial charge is 0.490 e. The highest BCUT2D eigenvalue weighted by Crippen LogP contribution is 2.41. The Bertz CT molecular complexity index is 2550. The molecule has 0 aliphatic carbocycles. The number of hydrogen-bond acceptors (Lipinski definition) is 12. The van der Waals surface area contributed by atoms with Gasteiger partial charge in [0.15, 0.2) is 23.3 Å². The number of rotatable bonds is 14. The van der Waals surface area contributed by atoms with Crippen molar-refractivity contribution in [2.75, 3.05) is 67.1 Å². The maximum absolute atomic E-state index is 6.40. The zero-order chi connectivity index (χ0) is 37.8. The molecule has 14 heteroatoms. The monoisotopic (exact) mass is 750 g/mol. The first-order chi connectivity index (χ1) is 27.7. The summed E-state index contributed by atoms with van der Waals surface area (Å²) < 4.78 is 34.5. The maximum Gasteiger partial charge on any atom is 0.164 e. The van der Waals surface area contributed by atoms with E-state index in [2.05, 4.69) is 9.97 Å². The molecule has 9 rings (SSSR count). The summed E-state index contributed by atoms with van der Waals surface area (Å²) in [5.41, 5.74) is 5.58. The molecule has 282 valence electrons. The molecule has 0 saturated heterocycles. The Kier molecular flexibility index (Phi) is 9.99. The van der Waals surface area contributed by atoms with Gasteiger partial charge >= 0.3 is 0 Å². The SMILES string of the molecule is COCCOCCOc1ccc(OCCOCCOC)c2c3nc4nc(nc5[nH]c(nc6nc(nc([nH]3)c12)-c1ccccc1-6)c1ccccc51)-c1ccccc1-4. The van der Waals surface area contributed by atoms with Gasteiger partial charge in [0.25, 0.3) is 0 Å². The Morgan fingerprint density at radius 2 is 0.750 bits per heavy atom. The topological polar surface area (TPSA) is 164 Å². The average molecular weight is 751 g/mol. The van der Waals surface area contributed by atoms with Crippen LogP contribution in [0.25, 0.3) is 89.7 Å². The molecule has 8 bridgehead atoms. The van der Waals surface area contributed by atoms with Gasteiger partial charge in [0.05, 0.1) is 50.4 Å². The molecule has 0 spiro atoms. The van der Waals surface area contributed by atoms with Gasteiger partial charge in [-0.1, -0.05) is 72.8 Å². The predicted molar refractivity (Wildman–Crippen MR) is 212 cm³/mol. The van der Waals surface area contributed by atoms with Gasteiger partial charge in [-0.05, 0) is 12.1 Å². The van der Waals surface area contributed by atoms with E-state index in [9.17, 15) is 0 Å². The second-order valence-corrected chi connectivity index (χ2v) is 13.0. The van der Waals surface area contributed by atoms with Crippen LogP contribution in [0.15, 0.2) is 84.9 Å². The summed E-state index contributed by atoms with van der Waals surface area (Å²) in [6, 6.07) is 27.6. The molecule has 7 aromatic rings. The van der Waals surface area contributed by atoms with Crippen molar-refractivity contribution >= 4 is 44.1 Å². The Hall–Kier alpha value is -6.32. The van der Waals surface area contributed by atoms with Gasteiger partial charge in [-0.15, -0.1) is 0 Å². The smallest absolute Gasteiger partial charge is 0.164 e. The number of fused-ring (bicyclic) bond motifs is 20. The molecule has 0 radical (unpaired) electrons. The molecule has 56 heavy (non-hydrogen) atoms. The minimum absolute atomic E-state index is 0.288. The highest BCUT2D eigenvalue weighted by molar-refractivity contribution is 6.12. The Labute approximate surface area is 320 Å². The van der Waals surface area contributed by atoms with Crippen LogP contribution in [0.1, 0.15) is 0 Å². The highest BCUT2D eigenvalue weighted by Gasteiger charge is 2.24. The van der Waals surface area contributed by atoms with E-state index >= 15 is 0 Å². The third-order valence-electron chi connectivity index (χ3n) is 9.46. The van der Waals surface area contributed by atoms with Crippen LogP contribution in [-0.2, 0) is 18.9 Å². The van der Waals surface area contributed by atoms with Crippen molar-refractivity contribution in [3.05, 3.63) is 84.9 Å². The average Bonchev–Trinajstić information content (AvgIpc) is 3.97. The van der Waals surface area contributed by atoms with Crippen molar-refractivity contribution in [2.45, 2.75) is 0 Å². The molecule has 2 aliphatic heterocycles. The number of methoxy groups -OCH3 is 2. The van der Waals surface area contributed by atoms with E-state index in [0.29, 0.717) is 108 Å². The standard InChI is InChI=1S/C42H38N8O6/c1-51-17-19-53-21-23-55-31-15-16-32(56-24-22-54-20-18-52-2)34-33(31)41-48-39-29-13-7-5-11-27(29)37(46-39)44-35-25-9-3-4-10-26(25)36(43-35)45-38-28-12-6-8-14-30(28)40(47-38)49-42(34)50-41/h3-16H,17-24H2,1-2H3,(H2,43,44,45,46,47,48,49,50). The predicted octanol–water partition coefficient (Wildman–Crippen LogP) is 6.95. The first-order valence-corrected chi connectivity index (χ1v) is 18.4. The van der Waals surface area contributed by atoms with E-state index in [0.717, 1.165) is 33.0 Å². The highest BCUT2D eigenvalue weighted by atomic mass is 16.5. The number of aromatic amines is 2. The molecule has 0 saturated carbocycles. The van der Waals surface area contributed by atoms with Crippen molar-refractivity contribution in [2.24, 2.45) is 0 Å². The third-order valence-corrected chi connectivity index (χ3v) is 9.46. The number of benzene rings is 4. The number of H-pyrrole nitrogens is 2. The van der Waals surface area contributed by atoms with Crippen LogP contribution >= 0.6 is 0 Å². The molecular formula is C42H38N8O6. The van der Waals surface area contributed by atoms with E-state index in [1.807, 2.05) is 84.9 Å². The summed E-state index contributed by atoms with van der Waals surface area (Å²) in [5.74, 6) is 3.13. The number of ether oxygens (including phenoxy) is 6. The number of hydrogen-bond donors (Lipinski definition) is 2. The minimum Gasteiger partial charge on any atom is -0.490 e. The summed E-state index contributed by atoms with van der Waals surface area (Å²) in [6.07, 6.45) is 0. The summed E-state index contributed by atoms with van der Waals surface area (Å²) in [4.78, 5) is 37.6. The van der Waals surface area contributed by atoms with E-state index in [1.54, 1.807) is 14.2 Å². The third kappa shape index (κ3) is 6.79. The Morgan fingerprint density at radius 3 is 1.16 bits per heavy atom. The summed E-state index contributed by atoms with van der Waals surface area (Å²) in [6.45, 7) is 3.20. The molecule has 2 N–H and O–H groups in total. The van der Waals surface area contributed by atoms with Gasteiger partial charge in [-0.3, -0.25) is 0 Å². The summed E-state index contributed by atoms with van der Waals surface area (Å²) >= 11 is 0. The zero-order valence-electron chi connectivity index (χ0n) is 30.9. The first kappa shape index (κ1) is 35.4. The van der Waals surface area contributed by atoms with E-state index in [-0.39, 0.29) is 13.2 Å². The van der Waals surface area contributed by atoms with Crippen LogP contribution in [-0.4, -0.2) is 107 Å². The molecule has 0 unspecified atom stereocenters. The number of nitrogens with one attached hydrogen (secondary N) is 2. The molecule has 14 nitrogen and oxygen atoms in total. The fraction of sp³-hybridized carbons (Fsp3) is 0.238. The summed E-state index contributed by atoms with van der Waals surface area (Å²) in [7, 11) is 3.28. The number of nitrogens with zero attached hydrogens (tertiary/aromatic N) is 6. The number of aromatic nitrogens is 8. The normalized spacial score (nSPS) is 11.9. The lowest BCUT2D eigenvalue weighted by Crippen LogP contribution is -2.11. The van der Waals surface area contributed by atoms with Crippen LogP contribution in [0.2, 0.25) is 0 Å². The van der Waals surface area contributed by atoms with Gasteiger partial charge in [-0.2, -0.15) is 0 Å². The van der Waals surface area contributed by atoms with Gasteiger partial charge in [0, 0.05) is 47.2 Å². The van der Waals surface area contributed by atoms with Crippen molar-refractivity contribution in [3.63, 3.8) is 0 Å². The molecular weight excluding hydrogens is 713 g/mol. The fourth-order valence-corrected chi connectivity index (χ4v) is 6.86. The lowest BCUT2D eigenvalue weighted by atomic mass is 10.1. The molecule has 3 aromatic heterocycles. The maximum atomic E-state index is 6.40. The minimum atomic E-state index is 0.288. The van der Waals surface area contributed by atoms with Gasteiger partial charge in [0.1, 0.15) is 47.3 Å². The van der Waals surface area contributed by atoms with Crippen molar-refractivity contribution in [3.8, 4) is 57.1 Å². The van der Waals surface area contributed by atoms with Crippen LogP contribution in [0.4, 0.5) is 0 Å². The van der Waals surface area contributed by atoms with Gasteiger partial charge in [-0.25, -0.2) is 29.9 Å². The molecule has 0 fully saturated rings. The second kappa shape index (κ2) is 15.8. The second-order valence-electron chi connectivity index (χ2n) is 13.0. The lowest BCUT2D eigenvalue weighted by Gasteiger charge is -2.12. The van der Waals surface area contributed by atoms with E-state index in [1.165, 1.54) is 0 Å². The van der Waals surface area contributed by atoms with Crippen molar-refractivity contribution in [1.29, 1.82) is 0 Å². The van der Waals surface area contributed by atoms with Gasteiger partial charge in [0.2, 0.25) is 0 Å². The quantitative estimate of drug-likeness (QED) is 0.110. The summed E-state index contributed by atoms with van der Waals surface area (Å²) in [5, 5.41) is 3.14. The molecule has 0 amide bonds. The van der Waals surface area contributed by atoms with E-state index < -0.39 is 0 Å². The van der Waals surface area contributed by atoms with Crippen molar-refractivity contribution < 1.29 is 28.4 Å². The van der Waals surface area contributed by atoms with Crippen LogP contribution < -0.4 is 9.47 Å². The Morgan fingerprint density at radius 1 is 0.393 bits per heavy atom. The fourth-order valence-electron chi connectivity index (χ4n) is 6.86. The van der Waals surface area contributed by atoms with Gasteiger partial charge < -0.3 is 38.4 Å².